The molecule has 0 saturated heterocycles. The highest BCUT2D eigenvalue weighted by molar-refractivity contribution is 7.93. The van der Waals surface area contributed by atoms with Gasteiger partial charge in [-0.2, -0.15) is 4.98 Å². The van der Waals surface area contributed by atoms with Crippen molar-refractivity contribution in [2.45, 2.75) is 69.7 Å². The van der Waals surface area contributed by atoms with Crippen molar-refractivity contribution >= 4 is 15.7 Å². The summed E-state index contributed by atoms with van der Waals surface area (Å²) >= 11 is 0. The Morgan fingerprint density at radius 2 is 2.04 bits per heavy atom. The molecule has 0 radical (unpaired) electrons. The monoisotopic (exact) mass is 411 g/mol. The fraction of sp³-hybridized carbons (Fsp3) is 0.632. The summed E-state index contributed by atoms with van der Waals surface area (Å²) in [6.45, 7) is 1.65. The van der Waals surface area contributed by atoms with Crippen LogP contribution in [0, 0.1) is 0 Å². The van der Waals surface area contributed by atoms with E-state index in [0.29, 0.717) is 18.7 Å². The molecule has 1 aromatic rings. The number of carbonyl (C=O) groups excluding carboxylic acids is 1. The van der Waals surface area contributed by atoms with Gasteiger partial charge in [0, 0.05) is 29.8 Å². The summed E-state index contributed by atoms with van der Waals surface area (Å²) in [6.07, 6.45) is 6.88. The number of alkyl halides is 1. The molecule has 0 aromatic carbocycles. The van der Waals surface area contributed by atoms with Gasteiger partial charge < -0.3 is 10.1 Å². The van der Waals surface area contributed by atoms with Crippen molar-refractivity contribution in [3.8, 4) is 5.88 Å². The van der Waals surface area contributed by atoms with E-state index in [2.05, 4.69) is 15.3 Å². The molecule has 0 bridgehead atoms. The number of aromatic nitrogens is 2. The summed E-state index contributed by atoms with van der Waals surface area (Å²) < 4.78 is 42.5. The number of nitrogens with one attached hydrogen (secondary N) is 1. The van der Waals surface area contributed by atoms with Crippen LogP contribution in [0.25, 0.3) is 0 Å². The van der Waals surface area contributed by atoms with Crippen LogP contribution in [0.3, 0.4) is 0 Å². The zero-order chi connectivity index (χ0) is 20.3. The van der Waals surface area contributed by atoms with E-state index in [4.69, 9.17) is 4.74 Å². The highest BCUT2D eigenvalue weighted by Gasteiger charge is 2.31. The number of amides is 1. The molecule has 2 aliphatic rings. The van der Waals surface area contributed by atoms with Gasteiger partial charge in [-0.25, -0.2) is 17.8 Å². The Kier molecular flexibility index (Phi) is 6.32. The van der Waals surface area contributed by atoms with Crippen molar-refractivity contribution in [1.82, 2.24) is 15.3 Å². The van der Waals surface area contributed by atoms with E-state index >= 15 is 0 Å². The summed E-state index contributed by atoms with van der Waals surface area (Å²) in [5.41, 5.74) is 0.127. The molecule has 28 heavy (non-hydrogen) atoms. The van der Waals surface area contributed by atoms with Crippen molar-refractivity contribution < 1.29 is 22.3 Å². The molecule has 7 nitrogen and oxygen atoms in total. The normalized spacial score (nSPS) is 24.1. The lowest BCUT2D eigenvalue weighted by atomic mass is 9.96. The smallest absolute Gasteiger partial charge is 0.258 e. The topological polar surface area (TPSA) is 98.2 Å². The lowest BCUT2D eigenvalue weighted by Crippen LogP contribution is -2.35. The molecule has 3 atom stereocenters. The van der Waals surface area contributed by atoms with Crippen LogP contribution in [0.15, 0.2) is 17.7 Å². The molecule has 0 unspecified atom stereocenters. The lowest BCUT2D eigenvalue weighted by Gasteiger charge is -2.27. The molecular weight excluding hydrogens is 385 g/mol. The van der Waals surface area contributed by atoms with E-state index in [1.54, 1.807) is 6.92 Å². The van der Waals surface area contributed by atoms with E-state index < -0.39 is 34.1 Å². The second-order valence-corrected chi connectivity index (χ2v) is 9.53. The third-order valence-electron chi connectivity index (χ3n) is 4.82. The molecule has 1 amide bonds. The Morgan fingerprint density at radius 1 is 1.32 bits per heavy atom. The van der Waals surface area contributed by atoms with E-state index in [9.17, 15) is 17.6 Å². The highest BCUT2D eigenvalue weighted by Crippen LogP contribution is 2.39. The maximum absolute atomic E-state index is 14.2. The Morgan fingerprint density at radius 3 is 2.68 bits per heavy atom. The SMILES string of the molecule is C[C@@H](/C=C/S(C)(=O)=O)NC(=O)c1cnc(C2CC2)nc1O[C@H]1CCCC[C@@H]1F. The summed E-state index contributed by atoms with van der Waals surface area (Å²) in [6, 6.07) is -0.526. The minimum atomic E-state index is -3.28. The number of hydrogen-bond acceptors (Lipinski definition) is 6. The number of rotatable bonds is 7. The minimum Gasteiger partial charge on any atom is -0.471 e. The van der Waals surface area contributed by atoms with Crippen LogP contribution in [0.4, 0.5) is 4.39 Å². The van der Waals surface area contributed by atoms with Crippen LogP contribution in [0.5, 0.6) is 5.88 Å². The summed E-state index contributed by atoms with van der Waals surface area (Å²) in [7, 11) is -3.28. The molecule has 1 aromatic heterocycles. The highest BCUT2D eigenvalue weighted by atomic mass is 32.2. The first-order chi connectivity index (χ1) is 13.2. The van der Waals surface area contributed by atoms with Crippen molar-refractivity contribution in [3.63, 3.8) is 0 Å². The van der Waals surface area contributed by atoms with E-state index in [0.717, 1.165) is 37.3 Å². The number of hydrogen-bond donors (Lipinski definition) is 1. The van der Waals surface area contributed by atoms with E-state index in [-0.39, 0.29) is 17.4 Å². The molecule has 3 rings (SSSR count). The zero-order valence-electron chi connectivity index (χ0n) is 16.1. The first kappa shape index (κ1) is 20.7. The number of carbonyl (C=O) groups is 1. The van der Waals surface area contributed by atoms with Gasteiger partial charge in [-0.05, 0) is 39.0 Å². The van der Waals surface area contributed by atoms with Crippen LogP contribution < -0.4 is 10.1 Å². The fourth-order valence-electron chi connectivity index (χ4n) is 3.08. The molecule has 154 valence electrons. The van der Waals surface area contributed by atoms with Gasteiger partial charge in [0.2, 0.25) is 5.88 Å². The molecule has 0 spiro atoms. The van der Waals surface area contributed by atoms with Crippen LogP contribution in [-0.4, -0.2) is 48.9 Å². The molecule has 1 N–H and O–H groups in total. The van der Waals surface area contributed by atoms with Gasteiger partial charge in [0.25, 0.3) is 5.91 Å². The van der Waals surface area contributed by atoms with Gasteiger partial charge in [0.05, 0.1) is 0 Å². The average molecular weight is 411 g/mol. The first-order valence-electron chi connectivity index (χ1n) is 9.59. The van der Waals surface area contributed by atoms with Crippen LogP contribution in [0.1, 0.15) is 67.5 Å². The fourth-order valence-corrected chi connectivity index (χ4v) is 3.60. The number of sulfone groups is 1. The molecule has 2 aliphatic carbocycles. The molecule has 1 heterocycles. The lowest BCUT2D eigenvalue weighted by molar-refractivity contribution is 0.0582. The third-order valence-corrected chi connectivity index (χ3v) is 5.47. The van der Waals surface area contributed by atoms with Crippen molar-refractivity contribution in [3.05, 3.63) is 29.1 Å². The van der Waals surface area contributed by atoms with Crippen molar-refractivity contribution in [2.75, 3.05) is 6.26 Å². The van der Waals surface area contributed by atoms with Crippen LogP contribution >= 0.6 is 0 Å². The van der Waals surface area contributed by atoms with Gasteiger partial charge in [0.15, 0.2) is 9.84 Å². The predicted molar refractivity (Wildman–Crippen MR) is 103 cm³/mol. The average Bonchev–Trinajstić information content (AvgIpc) is 3.46. The quantitative estimate of drug-likeness (QED) is 0.741. The standard InChI is InChI=1S/C19H26FN3O4S/c1-12(9-10-28(2,25)26)22-18(24)14-11-21-17(13-7-8-13)23-19(14)27-16-6-4-3-5-15(16)20/h9-13,15-16H,3-8H2,1-2H3,(H,22,24)/b10-9+/t12-,15-,16-/m0/s1. The number of halogens is 1. The van der Waals surface area contributed by atoms with Crippen LogP contribution in [-0.2, 0) is 9.84 Å². The second kappa shape index (κ2) is 8.55. The Balaban J connectivity index is 1.78. The largest absolute Gasteiger partial charge is 0.471 e. The maximum atomic E-state index is 14.2. The van der Waals surface area contributed by atoms with Crippen LogP contribution in [0.2, 0.25) is 0 Å². The van der Waals surface area contributed by atoms with Gasteiger partial charge in [-0.3, -0.25) is 4.79 Å². The molecular formula is C19H26FN3O4S. The van der Waals surface area contributed by atoms with Gasteiger partial charge in [-0.1, -0.05) is 12.5 Å². The van der Waals surface area contributed by atoms with E-state index in [1.165, 1.54) is 12.3 Å². The predicted octanol–water partition coefficient (Wildman–Crippen LogP) is 2.69. The summed E-state index contributed by atoms with van der Waals surface area (Å²) in [5.74, 6) is 0.490. The maximum Gasteiger partial charge on any atom is 0.258 e. The Bertz CT molecular complexity index is 855. The minimum absolute atomic E-state index is 0.100. The third kappa shape index (κ3) is 5.73. The Labute approximate surface area is 164 Å². The van der Waals surface area contributed by atoms with Gasteiger partial charge in [-0.15, -0.1) is 0 Å². The summed E-state index contributed by atoms with van der Waals surface area (Å²) in [5, 5.41) is 3.72. The molecule has 9 heteroatoms. The zero-order valence-corrected chi connectivity index (χ0v) is 16.9. The summed E-state index contributed by atoms with van der Waals surface area (Å²) in [4.78, 5) is 21.3. The second-order valence-electron chi connectivity index (χ2n) is 7.60. The van der Waals surface area contributed by atoms with Gasteiger partial charge in [0.1, 0.15) is 23.7 Å². The van der Waals surface area contributed by atoms with Crippen molar-refractivity contribution in [2.24, 2.45) is 0 Å². The van der Waals surface area contributed by atoms with E-state index in [1.807, 2.05) is 0 Å². The van der Waals surface area contributed by atoms with Gasteiger partial charge >= 0.3 is 0 Å². The Hall–Kier alpha value is -2.03. The molecule has 2 fully saturated rings. The number of ether oxygens (including phenoxy) is 1. The first-order valence-corrected chi connectivity index (χ1v) is 11.5. The number of nitrogens with zero attached hydrogens (tertiary/aromatic N) is 2. The molecule has 0 aliphatic heterocycles. The van der Waals surface area contributed by atoms with Crippen molar-refractivity contribution in [1.29, 1.82) is 0 Å². The molecule has 2 saturated carbocycles.